The van der Waals surface area contributed by atoms with Crippen LogP contribution in [0.5, 0.6) is 0 Å². The molecule has 1 aromatic heterocycles. The fourth-order valence-corrected chi connectivity index (χ4v) is 1.96. The number of aldehydes is 1. The van der Waals surface area contributed by atoms with Crippen LogP contribution < -0.4 is 4.90 Å². The number of carbonyl (C=O) groups is 2. The van der Waals surface area contributed by atoms with Crippen LogP contribution in [0.1, 0.15) is 31.1 Å². The molecule has 0 fully saturated rings. The zero-order valence-electron chi connectivity index (χ0n) is 13.7. The Morgan fingerprint density at radius 3 is 2.52 bits per heavy atom. The minimum Gasteiger partial charge on any atom is -0.443 e. The van der Waals surface area contributed by atoms with Crippen molar-refractivity contribution in [3.8, 4) is 11.3 Å². The highest BCUT2D eigenvalue weighted by Gasteiger charge is 2.20. The number of carbonyl (C=O) groups excluding carboxylic acids is 2. The zero-order valence-corrected chi connectivity index (χ0v) is 13.7. The van der Waals surface area contributed by atoms with E-state index in [4.69, 9.17) is 4.74 Å². The number of aromatic nitrogens is 1. The largest absolute Gasteiger partial charge is 0.443 e. The van der Waals surface area contributed by atoms with Gasteiger partial charge in [0.1, 0.15) is 5.60 Å². The SMILES string of the molecule is CN(C(=O)OC(C)(C)C)c1cccc(-c2ccc(C=O)cn2)c1. The van der Waals surface area contributed by atoms with Gasteiger partial charge in [0, 0.05) is 30.1 Å². The number of benzene rings is 1. The summed E-state index contributed by atoms with van der Waals surface area (Å²) in [6.45, 7) is 5.48. The molecule has 0 aliphatic carbocycles. The van der Waals surface area contributed by atoms with Crippen molar-refractivity contribution in [2.45, 2.75) is 26.4 Å². The molecule has 1 aromatic carbocycles. The highest BCUT2D eigenvalue weighted by atomic mass is 16.6. The molecule has 0 saturated heterocycles. The van der Waals surface area contributed by atoms with E-state index >= 15 is 0 Å². The number of rotatable bonds is 3. The summed E-state index contributed by atoms with van der Waals surface area (Å²) in [4.78, 5) is 28.5. The maximum absolute atomic E-state index is 12.1. The molecule has 0 unspecified atom stereocenters. The maximum Gasteiger partial charge on any atom is 0.414 e. The first-order valence-corrected chi connectivity index (χ1v) is 7.28. The molecule has 5 heteroatoms. The quantitative estimate of drug-likeness (QED) is 0.806. The minimum atomic E-state index is -0.546. The fourth-order valence-electron chi connectivity index (χ4n) is 1.96. The average Bonchev–Trinajstić information content (AvgIpc) is 2.52. The van der Waals surface area contributed by atoms with Gasteiger partial charge in [-0.15, -0.1) is 0 Å². The van der Waals surface area contributed by atoms with Gasteiger partial charge in [0.25, 0.3) is 0 Å². The molecule has 120 valence electrons. The first kappa shape index (κ1) is 16.7. The van der Waals surface area contributed by atoms with Crippen molar-refractivity contribution in [1.82, 2.24) is 4.98 Å². The van der Waals surface area contributed by atoms with Crippen LogP contribution in [0.3, 0.4) is 0 Å². The Morgan fingerprint density at radius 1 is 1.22 bits per heavy atom. The second-order valence-electron chi connectivity index (χ2n) is 6.18. The van der Waals surface area contributed by atoms with Crippen molar-refractivity contribution < 1.29 is 14.3 Å². The van der Waals surface area contributed by atoms with Crippen LogP contribution in [0.4, 0.5) is 10.5 Å². The zero-order chi connectivity index (χ0) is 17.0. The third-order valence-corrected chi connectivity index (χ3v) is 3.12. The highest BCUT2D eigenvalue weighted by molar-refractivity contribution is 5.88. The van der Waals surface area contributed by atoms with Crippen LogP contribution in [-0.4, -0.2) is 30.0 Å². The van der Waals surface area contributed by atoms with E-state index in [1.807, 2.05) is 45.0 Å². The second-order valence-corrected chi connectivity index (χ2v) is 6.18. The third kappa shape index (κ3) is 4.39. The fraction of sp³-hybridized carbons (Fsp3) is 0.278. The summed E-state index contributed by atoms with van der Waals surface area (Å²) < 4.78 is 5.36. The molecule has 5 nitrogen and oxygen atoms in total. The van der Waals surface area contributed by atoms with E-state index in [2.05, 4.69) is 4.98 Å². The van der Waals surface area contributed by atoms with Gasteiger partial charge in [-0.05, 0) is 45.0 Å². The van der Waals surface area contributed by atoms with Crippen molar-refractivity contribution in [3.05, 3.63) is 48.2 Å². The van der Waals surface area contributed by atoms with E-state index < -0.39 is 11.7 Å². The topological polar surface area (TPSA) is 59.5 Å². The molecule has 0 radical (unpaired) electrons. The lowest BCUT2D eigenvalue weighted by atomic mass is 10.1. The molecule has 1 amide bonds. The Hall–Kier alpha value is -2.69. The molecule has 0 N–H and O–H groups in total. The van der Waals surface area contributed by atoms with Gasteiger partial charge >= 0.3 is 6.09 Å². The Morgan fingerprint density at radius 2 is 1.96 bits per heavy atom. The molecule has 2 rings (SSSR count). The van der Waals surface area contributed by atoms with Gasteiger partial charge in [-0.25, -0.2) is 4.79 Å². The lowest BCUT2D eigenvalue weighted by Gasteiger charge is -2.24. The summed E-state index contributed by atoms with van der Waals surface area (Å²) in [6, 6.07) is 10.9. The van der Waals surface area contributed by atoms with Gasteiger partial charge in [0.05, 0.1) is 5.69 Å². The van der Waals surface area contributed by atoms with Crippen molar-refractivity contribution in [3.63, 3.8) is 0 Å². The van der Waals surface area contributed by atoms with Crippen LogP contribution in [0.2, 0.25) is 0 Å². The summed E-state index contributed by atoms with van der Waals surface area (Å²) in [5, 5.41) is 0. The molecule has 1 heterocycles. The van der Waals surface area contributed by atoms with Crippen molar-refractivity contribution in [2.24, 2.45) is 0 Å². The predicted octanol–water partition coefficient (Wildman–Crippen LogP) is 3.93. The van der Waals surface area contributed by atoms with E-state index in [-0.39, 0.29) is 0 Å². The molecule has 0 spiro atoms. The smallest absolute Gasteiger partial charge is 0.414 e. The third-order valence-electron chi connectivity index (χ3n) is 3.12. The number of pyridine rings is 1. The molecule has 0 bridgehead atoms. The van der Waals surface area contributed by atoms with E-state index in [9.17, 15) is 9.59 Å². The number of ether oxygens (including phenoxy) is 1. The van der Waals surface area contributed by atoms with E-state index in [1.54, 1.807) is 19.2 Å². The van der Waals surface area contributed by atoms with E-state index in [1.165, 1.54) is 11.1 Å². The monoisotopic (exact) mass is 312 g/mol. The summed E-state index contributed by atoms with van der Waals surface area (Å²) in [5.41, 5.74) is 2.27. The van der Waals surface area contributed by atoms with Crippen LogP contribution in [0.15, 0.2) is 42.6 Å². The lowest BCUT2D eigenvalue weighted by molar-refractivity contribution is 0.0589. The number of hydrogen-bond acceptors (Lipinski definition) is 4. The van der Waals surface area contributed by atoms with Gasteiger partial charge in [-0.3, -0.25) is 14.7 Å². The summed E-state index contributed by atoms with van der Waals surface area (Å²) >= 11 is 0. The standard InChI is InChI=1S/C18H20N2O3/c1-18(2,3)23-17(22)20(4)15-7-5-6-14(10-15)16-9-8-13(12-21)11-19-16/h5-12H,1-4H3. The second kappa shape index (κ2) is 6.60. The number of nitrogens with zero attached hydrogens (tertiary/aromatic N) is 2. The Bertz CT molecular complexity index is 703. The van der Waals surface area contributed by atoms with Crippen LogP contribution >= 0.6 is 0 Å². The average molecular weight is 312 g/mol. The molecule has 0 atom stereocenters. The lowest BCUT2D eigenvalue weighted by Crippen LogP contribution is -2.34. The van der Waals surface area contributed by atoms with Crippen LogP contribution in [0, 0.1) is 0 Å². The first-order valence-electron chi connectivity index (χ1n) is 7.28. The van der Waals surface area contributed by atoms with Gasteiger partial charge in [-0.1, -0.05) is 12.1 Å². The van der Waals surface area contributed by atoms with Crippen molar-refractivity contribution >= 4 is 18.1 Å². The summed E-state index contributed by atoms with van der Waals surface area (Å²) in [5.74, 6) is 0. The number of amides is 1. The van der Waals surface area contributed by atoms with Gasteiger partial charge in [-0.2, -0.15) is 0 Å². The van der Waals surface area contributed by atoms with Crippen LogP contribution in [-0.2, 0) is 4.74 Å². The number of anilines is 1. The molecule has 0 saturated carbocycles. The van der Waals surface area contributed by atoms with E-state index in [0.29, 0.717) is 11.3 Å². The number of hydrogen-bond donors (Lipinski definition) is 0. The molecule has 2 aromatic rings. The van der Waals surface area contributed by atoms with Crippen LogP contribution in [0.25, 0.3) is 11.3 Å². The maximum atomic E-state index is 12.1. The van der Waals surface area contributed by atoms with Gasteiger partial charge in [0.2, 0.25) is 0 Å². The van der Waals surface area contributed by atoms with Gasteiger partial charge < -0.3 is 4.74 Å². The summed E-state index contributed by atoms with van der Waals surface area (Å²) in [6.07, 6.45) is 1.86. The Kier molecular flexibility index (Phi) is 4.79. The summed E-state index contributed by atoms with van der Waals surface area (Å²) in [7, 11) is 1.66. The molecular formula is C18H20N2O3. The van der Waals surface area contributed by atoms with E-state index in [0.717, 1.165) is 17.5 Å². The molecule has 0 aliphatic heterocycles. The van der Waals surface area contributed by atoms with Gasteiger partial charge in [0.15, 0.2) is 6.29 Å². The van der Waals surface area contributed by atoms with Crippen molar-refractivity contribution in [1.29, 1.82) is 0 Å². The minimum absolute atomic E-state index is 0.418. The highest BCUT2D eigenvalue weighted by Crippen LogP contribution is 2.24. The molecular weight excluding hydrogens is 292 g/mol. The Balaban J connectivity index is 2.25. The molecule has 0 aliphatic rings. The predicted molar refractivity (Wildman–Crippen MR) is 89.7 cm³/mol. The Labute approximate surface area is 135 Å². The van der Waals surface area contributed by atoms with Crippen molar-refractivity contribution in [2.75, 3.05) is 11.9 Å². The normalized spacial score (nSPS) is 11.0. The first-order chi connectivity index (χ1) is 10.8. The molecule has 23 heavy (non-hydrogen) atoms.